The molecule has 0 saturated heterocycles. The quantitative estimate of drug-likeness (QED) is 0.192. The highest BCUT2D eigenvalue weighted by Gasteiger charge is 2.28. The topological polar surface area (TPSA) is 38.3 Å². The summed E-state index contributed by atoms with van der Waals surface area (Å²) < 4.78 is 5.59. The van der Waals surface area contributed by atoms with Crippen molar-refractivity contribution in [3.05, 3.63) is 62.6 Å². The zero-order valence-electron chi connectivity index (χ0n) is 17.6. The van der Waals surface area contributed by atoms with Crippen LogP contribution in [0, 0.1) is 6.92 Å². The predicted molar refractivity (Wildman–Crippen MR) is 128 cm³/mol. The molecule has 1 unspecified atom stereocenters. The second kappa shape index (κ2) is 13.1. The summed E-state index contributed by atoms with van der Waals surface area (Å²) in [6.07, 6.45) is 8.06. The summed E-state index contributed by atoms with van der Waals surface area (Å²) in [6, 6.07) is 10.1. The number of hydrogen-bond donors (Lipinski definition) is 1. The van der Waals surface area contributed by atoms with Crippen molar-refractivity contribution in [2.24, 2.45) is 0 Å². The number of ether oxygens (including phenoxy) is 1. The van der Waals surface area contributed by atoms with Crippen LogP contribution in [0.2, 0.25) is 15.1 Å². The van der Waals surface area contributed by atoms with Crippen LogP contribution in [0.1, 0.15) is 69.0 Å². The number of carbonyl (C=O) groups excluding carboxylic acids is 1. The van der Waals surface area contributed by atoms with Crippen molar-refractivity contribution in [2.75, 3.05) is 11.9 Å². The lowest BCUT2D eigenvalue weighted by atomic mass is 10.1. The second-order valence-corrected chi connectivity index (χ2v) is 8.63. The summed E-state index contributed by atoms with van der Waals surface area (Å²) >= 11 is 19.0. The first-order chi connectivity index (χ1) is 14.5. The number of benzene rings is 2. The molecule has 2 rings (SSSR count). The minimum atomic E-state index is -0.852. The molecule has 0 bridgehead atoms. The number of esters is 1. The van der Waals surface area contributed by atoms with Crippen molar-refractivity contribution in [3.8, 4) is 0 Å². The summed E-state index contributed by atoms with van der Waals surface area (Å²) in [6.45, 7) is 4.54. The zero-order valence-corrected chi connectivity index (χ0v) is 19.9. The van der Waals surface area contributed by atoms with Crippen molar-refractivity contribution in [2.45, 2.75) is 64.8 Å². The van der Waals surface area contributed by atoms with Crippen molar-refractivity contribution < 1.29 is 9.53 Å². The molecular weight excluding hydrogens is 441 g/mol. The van der Waals surface area contributed by atoms with E-state index in [4.69, 9.17) is 39.5 Å². The van der Waals surface area contributed by atoms with Crippen molar-refractivity contribution in [1.82, 2.24) is 0 Å². The maximum atomic E-state index is 13.0. The van der Waals surface area contributed by atoms with Gasteiger partial charge in [-0.05, 0) is 37.1 Å². The molecule has 0 fully saturated rings. The molecule has 0 aromatic heterocycles. The van der Waals surface area contributed by atoms with Crippen LogP contribution in [0.5, 0.6) is 0 Å². The lowest BCUT2D eigenvalue weighted by Crippen LogP contribution is -2.25. The molecule has 0 amide bonds. The molecule has 3 nitrogen and oxygen atoms in total. The van der Waals surface area contributed by atoms with Gasteiger partial charge < -0.3 is 10.1 Å². The van der Waals surface area contributed by atoms with E-state index in [0.29, 0.717) is 22.2 Å². The third-order valence-corrected chi connectivity index (χ3v) is 6.19. The summed E-state index contributed by atoms with van der Waals surface area (Å²) in [7, 11) is 0. The van der Waals surface area contributed by atoms with Gasteiger partial charge in [0.25, 0.3) is 0 Å². The molecule has 1 atom stereocenters. The molecule has 30 heavy (non-hydrogen) atoms. The largest absolute Gasteiger partial charge is 0.464 e. The number of unbranched alkanes of at least 4 members (excludes halogenated alkanes) is 6. The van der Waals surface area contributed by atoms with Crippen LogP contribution < -0.4 is 5.32 Å². The number of para-hydroxylation sites is 1. The molecule has 0 radical (unpaired) electrons. The summed E-state index contributed by atoms with van der Waals surface area (Å²) in [5.41, 5.74) is 2.23. The van der Waals surface area contributed by atoms with Crippen LogP contribution in [-0.4, -0.2) is 12.6 Å². The smallest absolute Gasteiger partial charge is 0.333 e. The van der Waals surface area contributed by atoms with Gasteiger partial charge in [0.15, 0.2) is 6.04 Å². The van der Waals surface area contributed by atoms with E-state index in [2.05, 4.69) is 12.2 Å². The Labute approximate surface area is 195 Å². The number of halogens is 3. The van der Waals surface area contributed by atoms with E-state index < -0.39 is 12.0 Å². The summed E-state index contributed by atoms with van der Waals surface area (Å²) in [5.74, 6) is -0.421. The number of rotatable bonds is 12. The van der Waals surface area contributed by atoms with Gasteiger partial charge in [0.2, 0.25) is 0 Å². The Morgan fingerprint density at radius 1 is 0.933 bits per heavy atom. The van der Waals surface area contributed by atoms with Crippen molar-refractivity contribution in [3.63, 3.8) is 0 Å². The van der Waals surface area contributed by atoms with Gasteiger partial charge in [-0.3, -0.25) is 0 Å². The van der Waals surface area contributed by atoms with Gasteiger partial charge >= 0.3 is 5.97 Å². The van der Waals surface area contributed by atoms with E-state index in [-0.39, 0.29) is 5.02 Å². The minimum Gasteiger partial charge on any atom is -0.464 e. The maximum Gasteiger partial charge on any atom is 0.333 e. The van der Waals surface area contributed by atoms with E-state index in [1.807, 2.05) is 31.2 Å². The lowest BCUT2D eigenvalue weighted by molar-refractivity contribution is -0.144. The highest BCUT2D eigenvalue weighted by Crippen LogP contribution is 2.38. The van der Waals surface area contributed by atoms with Crippen molar-refractivity contribution in [1.29, 1.82) is 0 Å². The molecule has 1 N–H and O–H groups in total. The van der Waals surface area contributed by atoms with Gasteiger partial charge in [-0.2, -0.15) is 0 Å². The van der Waals surface area contributed by atoms with Crippen LogP contribution in [0.3, 0.4) is 0 Å². The van der Waals surface area contributed by atoms with Crippen LogP contribution in [0.15, 0.2) is 36.4 Å². The molecule has 0 aliphatic heterocycles. The fourth-order valence-corrected chi connectivity index (χ4v) is 4.02. The molecule has 2 aromatic rings. The fraction of sp³-hybridized carbons (Fsp3) is 0.458. The number of hydrogen-bond acceptors (Lipinski definition) is 3. The van der Waals surface area contributed by atoms with Crippen LogP contribution >= 0.6 is 34.8 Å². The zero-order chi connectivity index (χ0) is 21.9. The van der Waals surface area contributed by atoms with Crippen LogP contribution in [0.25, 0.3) is 0 Å². The molecule has 2 aromatic carbocycles. The van der Waals surface area contributed by atoms with E-state index in [9.17, 15) is 4.79 Å². The van der Waals surface area contributed by atoms with Gasteiger partial charge in [0, 0.05) is 16.3 Å². The number of aryl methyl sites for hydroxylation is 1. The SMILES string of the molecule is CCCCCCCCCOC(=O)C(Nc1ccccc1C)c1c(Cl)ccc(Cl)c1Cl. The molecule has 0 saturated carbocycles. The Bertz CT molecular complexity index is 826. The van der Waals surface area contributed by atoms with Gasteiger partial charge in [-0.25, -0.2) is 4.79 Å². The number of anilines is 1. The first-order valence-corrected chi connectivity index (χ1v) is 11.7. The van der Waals surface area contributed by atoms with Crippen molar-refractivity contribution >= 4 is 46.5 Å². The second-order valence-electron chi connectivity index (χ2n) is 7.44. The highest BCUT2D eigenvalue weighted by molar-refractivity contribution is 6.44. The Morgan fingerprint density at radius 2 is 1.57 bits per heavy atom. The van der Waals surface area contributed by atoms with E-state index in [1.54, 1.807) is 12.1 Å². The molecule has 0 heterocycles. The average molecular weight is 471 g/mol. The highest BCUT2D eigenvalue weighted by atomic mass is 35.5. The first-order valence-electron chi connectivity index (χ1n) is 10.6. The predicted octanol–water partition coefficient (Wildman–Crippen LogP) is 8.40. The van der Waals surface area contributed by atoms with Gasteiger partial charge in [-0.15, -0.1) is 0 Å². The van der Waals surface area contributed by atoms with E-state index in [1.165, 1.54) is 25.7 Å². The molecule has 6 heteroatoms. The molecule has 164 valence electrons. The summed E-state index contributed by atoms with van der Waals surface area (Å²) in [4.78, 5) is 13.0. The van der Waals surface area contributed by atoms with Gasteiger partial charge in [-0.1, -0.05) is 98.5 Å². The Balaban J connectivity index is 2.08. The number of nitrogens with one attached hydrogen (secondary N) is 1. The van der Waals surface area contributed by atoms with Crippen LogP contribution in [-0.2, 0) is 9.53 Å². The molecular formula is C24H30Cl3NO2. The maximum absolute atomic E-state index is 13.0. The first kappa shape index (κ1) is 24.8. The standard InChI is InChI=1S/C24H30Cl3NO2/c1-3-4-5-6-7-8-11-16-30-24(29)23(28-20-13-10-9-12-17(20)2)21-18(25)14-15-19(26)22(21)27/h9-10,12-15,23,28H,3-8,11,16H2,1-2H3. The average Bonchev–Trinajstić information content (AvgIpc) is 2.73. The third kappa shape index (κ3) is 7.37. The van der Waals surface area contributed by atoms with E-state index >= 15 is 0 Å². The van der Waals surface area contributed by atoms with Crippen LogP contribution in [0.4, 0.5) is 5.69 Å². The minimum absolute atomic E-state index is 0.253. The molecule has 0 aliphatic carbocycles. The van der Waals surface area contributed by atoms with Gasteiger partial charge in [0.05, 0.1) is 16.7 Å². The van der Waals surface area contributed by atoms with E-state index in [0.717, 1.165) is 30.5 Å². The Kier molecular flexibility index (Phi) is 10.8. The molecule has 0 spiro atoms. The summed E-state index contributed by atoms with van der Waals surface area (Å²) in [5, 5.41) is 4.20. The van der Waals surface area contributed by atoms with Gasteiger partial charge in [0.1, 0.15) is 0 Å². The normalized spacial score (nSPS) is 11.9. The monoisotopic (exact) mass is 469 g/mol. The Morgan fingerprint density at radius 3 is 2.27 bits per heavy atom. The number of carbonyl (C=O) groups is 1. The lowest BCUT2D eigenvalue weighted by Gasteiger charge is -2.22. The fourth-order valence-electron chi connectivity index (χ4n) is 3.26. The Hall–Kier alpha value is -1.42. The molecule has 0 aliphatic rings. The third-order valence-electron chi connectivity index (χ3n) is 5.04.